The molecule has 0 aliphatic carbocycles. The first kappa shape index (κ1) is 25.1. The molecule has 198 valence electrons. The standard InChI is InChI=1S/C30H29ClF2N2O3/c31-24-5-2-1-4-21(24)19-35-28(23-8-7-22(32)17-25(23)33)30(29(35)36)10-12-34(13-11-30)18-20-6-9-26-27(16-20)38-15-3-14-37-26/h1-2,4-9,16-17,28H,3,10-15,18-19H2. The van der Waals surface area contributed by atoms with E-state index in [4.69, 9.17) is 21.1 Å². The van der Waals surface area contributed by atoms with Crippen LogP contribution in [0, 0.1) is 17.0 Å². The number of likely N-dealkylation sites (tertiary alicyclic amines) is 2. The largest absolute Gasteiger partial charge is 0.490 e. The highest BCUT2D eigenvalue weighted by Crippen LogP contribution is 2.57. The van der Waals surface area contributed by atoms with Crippen LogP contribution in [0.3, 0.4) is 0 Å². The lowest BCUT2D eigenvalue weighted by Crippen LogP contribution is -2.65. The SMILES string of the molecule is O=C1N(Cc2ccccc2Cl)C(c2ccc(F)cc2F)C12CCN(Cc1ccc3c(c1)OCCCO3)CC2. The number of hydrogen-bond donors (Lipinski definition) is 0. The number of piperidine rings is 1. The highest BCUT2D eigenvalue weighted by atomic mass is 35.5. The average Bonchev–Trinajstić information content (AvgIpc) is 3.16. The summed E-state index contributed by atoms with van der Waals surface area (Å²) in [4.78, 5) is 17.7. The Bertz CT molecular complexity index is 1360. The molecule has 0 aromatic heterocycles. The molecule has 3 aromatic carbocycles. The fraction of sp³-hybridized carbons (Fsp3) is 0.367. The minimum absolute atomic E-state index is 0.00127. The first-order valence-electron chi connectivity index (χ1n) is 13.0. The van der Waals surface area contributed by atoms with Crippen LogP contribution in [0.4, 0.5) is 8.78 Å². The van der Waals surface area contributed by atoms with Crippen molar-refractivity contribution in [3.05, 3.63) is 94.0 Å². The monoisotopic (exact) mass is 538 g/mol. The van der Waals surface area contributed by atoms with Gasteiger partial charge >= 0.3 is 0 Å². The average molecular weight is 539 g/mol. The van der Waals surface area contributed by atoms with Crippen LogP contribution in [0.5, 0.6) is 11.5 Å². The molecule has 8 heteroatoms. The molecule has 2 fully saturated rings. The van der Waals surface area contributed by atoms with Crippen LogP contribution < -0.4 is 9.47 Å². The van der Waals surface area contributed by atoms with E-state index in [9.17, 15) is 9.18 Å². The molecule has 2 saturated heterocycles. The van der Waals surface area contributed by atoms with Gasteiger partial charge in [0.25, 0.3) is 0 Å². The van der Waals surface area contributed by atoms with Crippen molar-refractivity contribution in [1.82, 2.24) is 9.80 Å². The van der Waals surface area contributed by atoms with Gasteiger partial charge in [-0.15, -0.1) is 0 Å². The molecular weight excluding hydrogens is 510 g/mol. The predicted molar refractivity (Wildman–Crippen MR) is 140 cm³/mol. The maximum absolute atomic E-state index is 15.1. The lowest BCUT2D eigenvalue weighted by Gasteiger charge is -2.59. The van der Waals surface area contributed by atoms with Gasteiger partial charge in [-0.05, 0) is 61.3 Å². The van der Waals surface area contributed by atoms with Gasteiger partial charge in [0.05, 0.1) is 24.7 Å². The van der Waals surface area contributed by atoms with Crippen LogP contribution in [-0.2, 0) is 17.9 Å². The molecule has 6 rings (SSSR count). The summed E-state index contributed by atoms with van der Waals surface area (Å²) in [5, 5.41) is 0.560. The molecule has 0 saturated carbocycles. The van der Waals surface area contributed by atoms with E-state index < -0.39 is 23.1 Å². The van der Waals surface area contributed by atoms with Gasteiger partial charge in [0.2, 0.25) is 5.91 Å². The van der Waals surface area contributed by atoms with Crippen LogP contribution in [0.1, 0.15) is 42.0 Å². The normalized spacial score (nSPS) is 20.8. The minimum Gasteiger partial charge on any atom is -0.490 e. The summed E-state index contributed by atoms with van der Waals surface area (Å²) in [5.41, 5.74) is 1.55. The third-order valence-corrected chi connectivity index (χ3v) is 8.41. The van der Waals surface area contributed by atoms with Crippen LogP contribution >= 0.6 is 11.6 Å². The molecule has 5 nitrogen and oxygen atoms in total. The highest BCUT2D eigenvalue weighted by molar-refractivity contribution is 6.31. The number of ether oxygens (including phenoxy) is 2. The van der Waals surface area contributed by atoms with E-state index in [0.29, 0.717) is 49.7 Å². The second-order valence-electron chi connectivity index (χ2n) is 10.4. The van der Waals surface area contributed by atoms with Crippen molar-refractivity contribution in [1.29, 1.82) is 0 Å². The summed E-state index contributed by atoms with van der Waals surface area (Å²) in [6.07, 6.45) is 2.04. The molecule has 1 unspecified atom stereocenters. The predicted octanol–water partition coefficient (Wildman–Crippen LogP) is 6.15. The Morgan fingerprint density at radius 2 is 1.68 bits per heavy atom. The molecule has 1 atom stereocenters. The molecule has 3 aliphatic rings. The molecular formula is C30H29ClF2N2O3. The Balaban J connectivity index is 1.22. The van der Waals surface area contributed by atoms with Crippen molar-refractivity contribution < 1.29 is 23.0 Å². The van der Waals surface area contributed by atoms with Gasteiger partial charge in [-0.1, -0.05) is 41.9 Å². The number of β-lactam (4-membered cyclic amide) rings is 1. The number of amides is 1. The molecule has 3 aromatic rings. The van der Waals surface area contributed by atoms with Crippen LogP contribution in [0.2, 0.25) is 5.02 Å². The maximum atomic E-state index is 15.1. The quantitative estimate of drug-likeness (QED) is 0.366. The van der Waals surface area contributed by atoms with Crippen molar-refractivity contribution in [2.24, 2.45) is 5.41 Å². The highest BCUT2D eigenvalue weighted by Gasteiger charge is 2.61. The number of benzene rings is 3. The van der Waals surface area contributed by atoms with Crippen LogP contribution in [0.25, 0.3) is 0 Å². The van der Waals surface area contributed by atoms with Crippen molar-refractivity contribution in [3.63, 3.8) is 0 Å². The zero-order valence-corrected chi connectivity index (χ0v) is 21.7. The van der Waals surface area contributed by atoms with Gasteiger partial charge < -0.3 is 14.4 Å². The van der Waals surface area contributed by atoms with Crippen LogP contribution in [-0.4, -0.2) is 42.0 Å². The van der Waals surface area contributed by atoms with Gasteiger partial charge in [0.15, 0.2) is 11.5 Å². The third-order valence-electron chi connectivity index (χ3n) is 8.04. The third kappa shape index (κ3) is 4.52. The number of hydrogen-bond acceptors (Lipinski definition) is 4. The molecule has 0 N–H and O–H groups in total. The molecule has 1 spiro atoms. The number of rotatable bonds is 5. The van der Waals surface area contributed by atoms with E-state index in [0.717, 1.165) is 41.7 Å². The van der Waals surface area contributed by atoms with Crippen molar-refractivity contribution >= 4 is 17.5 Å². The van der Waals surface area contributed by atoms with Crippen LogP contribution in [0.15, 0.2) is 60.7 Å². The first-order chi connectivity index (χ1) is 18.4. The Kier molecular flexibility index (Phi) is 6.74. The Morgan fingerprint density at radius 3 is 2.45 bits per heavy atom. The molecule has 1 amide bonds. The lowest BCUT2D eigenvalue weighted by molar-refractivity contribution is -0.182. The lowest BCUT2D eigenvalue weighted by atomic mass is 9.62. The number of halogens is 3. The Morgan fingerprint density at radius 1 is 0.921 bits per heavy atom. The van der Waals surface area contributed by atoms with Gasteiger partial charge in [-0.3, -0.25) is 9.69 Å². The van der Waals surface area contributed by atoms with Crippen molar-refractivity contribution in [2.45, 2.75) is 38.4 Å². The number of carbonyl (C=O) groups excluding carboxylic acids is 1. The van der Waals surface area contributed by atoms with Gasteiger partial charge in [-0.2, -0.15) is 0 Å². The van der Waals surface area contributed by atoms with E-state index in [2.05, 4.69) is 11.0 Å². The summed E-state index contributed by atoms with van der Waals surface area (Å²) < 4.78 is 40.4. The van der Waals surface area contributed by atoms with E-state index in [-0.39, 0.29) is 12.5 Å². The van der Waals surface area contributed by atoms with E-state index in [1.165, 1.54) is 12.1 Å². The number of carbonyl (C=O) groups is 1. The second-order valence-corrected chi connectivity index (χ2v) is 10.8. The summed E-state index contributed by atoms with van der Waals surface area (Å²) in [6.45, 7) is 3.68. The fourth-order valence-corrected chi connectivity index (χ4v) is 6.27. The van der Waals surface area contributed by atoms with Crippen molar-refractivity contribution in [3.8, 4) is 11.5 Å². The molecule has 0 bridgehead atoms. The van der Waals surface area contributed by atoms with E-state index >= 15 is 4.39 Å². The topological polar surface area (TPSA) is 42.0 Å². The second kappa shape index (κ2) is 10.2. The fourth-order valence-electron chi connectivity index (χ4n) is 6.08. The number of fused-ring (bicyclic) bond motifs is 1. The smallest absolute Gasteiger partial charge is 0.232 e. The molecule has 38 heavy (non-hydrogen) atoms. The summed E-state index contributed by atoms with van der Waals surface area (Å²) in [6, 6.07) is 16.6. The van der Waals surface area contributed by atoms with Gasteiger partial charge in [0.1, 0.15) is 11.6 Å². The first-order valence-corrected chi connectivity index (χ1v) is 13.4. The maximum Gasteiger partial charge on any atom is 0.232 e. The zero-order valence-electron chi connectivity index (χ0n) is 21.0. The number of nitrogens with zero attached hydrogens (tertiary/aromatic N) is 2. The molecule has 3 aliphatic heterocycles. The van der Waals surface area contributed by atoms with Crippen molar-refractivity contribution in [2.75, 3.05) is 26.3 Å². The summed E-state index contributed by atoms with van der Waals surface area (Å²) in [7, 11) is 0. The van der Waals surface area contributed by atoms with Gasteiger partial charge in [0, 0.05) is 36.2 Å². The molecule has 3 heterocycles. The zero-order chi connectivity index (χ0) is 26.3. The molecule has 0 radical (unpaired) electrons. The Hall–Kier alpha value is -3.16. The van der Waals surface area contributed by atoms with E-state index in [1.807, 2.05) is 30.3 Å². The summed E-state index contributed by atoms with van der Waals surface area (Å²) in [5.74, 6) is 0.284. The Labute approximate surface area is 225 Å². The minimum atomic E-state index is -0.721. The van der Waals surface area contributed by atoms with E-state index in [1.54, 1.807) is 11.0 Å². The summed E-state index contributed by atoms with van der Waals surface area (Å²) >= 11 is 6.38. The van der Waals surface area contributed by atoms with Gasteiger partial charge in [-0.25, -0.2) is 8.78 Å².